The molecule has 3 aromatic rings. The number of ether oxygens (including phenoxy) is 2. The van der Waals surface area contributed by atoms with Gasteiger partial charge in [-0.25, -0.2) is 3.63 Å². The number of benzene rings is 3. The normalized spacial score (nSPS) is 24.0. The number of halogens is 4. The smallest absolute Gasteiger partial charge is 0.435 e. The van der Waals surface area contributed by atoms with Gasteiger partial charge in [-0.15, -0.1) is 0 Å². The highest BCUT2D eigenvalue weighted by Crippen LogP contribution is 2.71. The van der Waals surface area contributed by atoms with Crippen molar-refractivity contribution in [3.05, 3.63) is 91.0 Å². The first-order chi connectivity index (χ1) is 19.8. The van der Waals surface area contributed by atoms with Crippen LogP contribution in [0.15, 0.2) is 106 Å². The van der Waals surface area contributed by atoms with Gasteiger partial charge in [-0.05, 0) is 59.5 Å². The van der Waals surface area contributed by atoms with E-state index in [0.29, 0.717) is 0 Å². The van der Waals surface area contributed by atoms with Crippen LogP contribution in [0.2, 0.25) is 0 Å². The van der Waals surface area contributed by atoms with Gasteiger partial charge >= 0.3 is 27.3 Å². The molecule has 1 saturated carbocycles. The summed E-state index contributed by atoms with van der Waals surface area (Å²) in [6, 6.07) is 23.2. The molecule has 7 nitrogen and oxygen atoms in total. The summed E-state index contributed by atoms with van der Waals surface area (Å²) >= 11 is 0. The van der Waals surface area contributed by atoms with E-state index in [9.17, 15) is 18.3 Å². The highest BCUT2D eigenvalue weighted by atomic mass is 32.3. The van der Waals surface area contributed by atoms with Gasteiger partial charge in [-0.1, -0.05) is 54.6 Å². The van der Waals surface area contributed by atoms with Gasteiger partial charge < -0.3 is 14.6 Å². The van der Waals surface area contributed by atoms with Crippen LogP contribution in [-0.4, -0.2) is 49.2 Å². The standard InChI is InChI=1S/C29H28F4O7S2/c30-28(31,25-20-38-27(39-25)18-16-21(17-19-27)26(34)35)29(32,33)42(36,37)40-41(22-10-4-1-5-11-22,23-12-6-2-7-13-23)24-14-8-3-9-15-24/h1-15,21,25H,16-20H2,(H,34,35). The maximum Gasteiger partial charge on any atom is 0.435 e. The molecule has 0 bridgehead atoms. The summed E-state index contributed by atoms with van der Waals surface area (Å²) in [5.74, 6) is -8.79. The minimum Gasteiger partial charge on any atom is -0.481 e. The Bertz CT molecular complexity index is 1400. The Hall–Kier alpha value is -2.97. The third-order valence-corrected chi connectivity index (χ3v) is 12.7. The van der Waals surface area contributed by atoms with Crippen LogP contribution in [0.3, 0.4) is 0 Å². The number of hydrogen-bond donors (Lipinski definition) is 1. The number of rotatable bonds is 9. The minimum absolute atomic E-state index is 0.0303. The zero-order valence-electron chi connectivity index (χ0n) is 22.1. The van der Waals surface area contributed by atoms with Crippen molar-refractivity contribution in [2.45, 2.75) is 63.4 Å². The lowest BCUT2D eigenvalue weighted by atomic mass is 9.85. The van der Waals surface area contributed by atoms with Crippen molar-refractivity contribution in [2.75, 3.05) is 6.61 Å². The number of hydrogen-bond acceptors (Lipinski definition) is 6. The summed E-state index contributed by atoms with van der Waals surface area (Å²) < 4.78 is 106. The molecule has 42 heavy (non-hydrogen) atoms. The van der Waals surface area contributed by atoms with Crippen molar-refractivity contribution in [3.63, 3.8) is 0 Å². The molecule has 1 saturated heterocycles. The second-order valence-electron chi connectivity index (χ2n) is 10.1. The Balaban J connectivity index is 1.53. The largest absolute Gasteiger partial charge is 0.481 e. The number of aliphatic carboxylic acids is 1. The summed E-state index contributed by atoms with van der Waals surface area (Å²) in [6.45, 7) is -1.01. The lowest BCUT2D eigenvalue weighted by Crippen LogP contribution is -2.56. The Kier molecular flexibility index (Phi) is 8.18. The number of carboxylic acids is 1. The lowest BCUT2D eigenvalue weighted by Gasteiger charge is -2.41. The molecule has 2 fully saturated rings. The molecule has 13 heteroatoms. The van der Waals surface area contributed by atoms with E-state index in [1.807, 2.05) is 0 Å². The molecule has 1 atom stereocenters. The molecule has 1 heterocycles. The van der Waals surface area contributed by atoms with Crippen LogP contribution in [0.4, 0.5) is 17.6 Å². The fraction of sp³-hybridized carbons (Fsp3) is 0.345. The van der Waals surface area contributed by atoms with Crippen LogP contribution in [0.25, 0.3) is 0 Å². The zero-order valence-corrected chi connectivity index (χ0v) is 23.7. The molecule has 1 aliphatic carbocycles. The molecule has 1 aliphatic heterocycles. The molecule has 0 aromatic heterocycles. The van der Waals surface area contributed by atoms with Crippen molar-refractivity contribution in [1.29, 1.82) is 0 Å². The third kappa shape index (κ3) is 5.21. The molecule has 0 radical (unpaired) electrons. The fourth-order valence-corrected chi connectivity index (χ4v) is 10.5. The lowest BCUT2D eigenvalue weighted by molar-refractivity contribution is -0.253. The first kappa shape index (κ1) is 30.5. The molecule has 5 rings (SSSR count). The van der Waals surface area contributed by atoms with E-state index in [1.165, 1.54) is 36.4 Å². The van der Waals surface area contributed by atoms with Gasteiger partial charge in [0.1, 0.15) is 0 Å². The van der Waals surface area contributed by atoms with Crippen molar-refractivity contribution < 1.29 is 49.0 Å². The quantitative estimate of drug-likeness (QED) is 0.259. The van der Waals surface area contributed by atoms with Gasteiger partial charge in [0.05, 0.1) is 12.5 Å². The first-order valence-electron chi connectivity index (χ1n) is 13.1. The van der Waals surface area contributed by atoms with E-state index in [2.05, 4.69) is 0 Å². The molecule has 3 aromatic carbocycles. The van der Waals surface area contributed by atoms with E-state index >= 15 is 17.6 Å². The summed E-state index contributed by atoms with van der Waals surface area (Å²) in [5.41, 5.74) is 0. The van der Waals surface area contributed by atoms with E-state index < -0.39 is 62.0 Å². The first-order valence-corrected chi connectivity index (χ1v) is 16.1. The summed E-state index contributed by atoms with van der Waals surface area (Å²) in [5, 5.41) is 3.47. The van der Waals surface area contributed by atoms with Crippen LogP contribution in [0.1, 0.15) is 25.7 Å². The predicted molar refractivity (Wildman–Crippen MR) is 145 cm³/mol. The average Bonchev–Trinajstić information content (AvgIpc) is 3.41. The minimum atomic E-state index is -6.38. The van der Waals surface area contributed by atoms with Crippen LogP contribution in [-0.2, 0) is 28.0 Å². The highest BCUT2D eigenvalue weighted by molar-refractivity contribution is 8.33. The van der Waals surface area contributed by atoms with Gasteiger partial charge in [0.15, 0.2) is 11.9 Å². The van der Waals surface area contributed by atoms with Gasteiger partial charge in [-0.3, -0.25) is 4.79 Å². The summed E-state index contributed by atoms with van der Waals surface area (Å²) in [6.07, 6.45) is -2.80. The molecule has 1 spiro atoms. The van der Waals surface area contributed by atoms with Crippen molar-refractivity contribution >= 4 is 26.4 Å². The fourth-order valence-electron chi connectivity index (χ4n) is 5.19. The summed E-state index contributed by atoms with van der Waals surface area (Å²) in [4.78, 5) is 11.8. The van der Waals surface area contributed by atoms with Crippen LogP contribution in [0, 0.1) is 5.92 Å². The maximum absolute atomic E-state index is 15.8. The van der Waals surface area contributed by atoms with Gasteiger partial charge in [-0.2, -0.15) is 26.0 Å². The SMILES string of the molecule is O=C(O)C1CCC2(CC1)OCC(C(F)(F)C(F)(F)S(=O)(=O)OS(c1ccccc1)(c1ccccc1)c1ccccc1)O2. The molecule has 0 amide bonds. The Morgan fingerprint density at radius 2 is 1.24 bits per heavy atom. The number of alkyl halides is 4. The molecule has 1 unspecified atom stereocenters. The number of carbonyl (C=O) groups is 1. The Morgan fingerprint density at radius 1 is 0.810 bits per heavy atom. The average molecular weight is 629 g/mol. The Morgan fingerprint density at radius 3 is 1.64 bits per heavy atom. The van der Waals surface area contributed by atoms with E-state index in [0.717, 1.165) is 0 Å². The summed E-state index contributed by atoms with van der Waals surface area (Å²) in [7, 11) is -9.91. The van der Waals surface area contributed by atoms with Crippen molar-refractivity contribution in [3.8, 4) is 0 Å². The highest BCUT2D eigenvalue weighted by Gasteiger charge is 2.73. The number of carboxylic acid groups (broad SMARTS) is 1. The zero-order chi connectivity index (χ0) is 30.2. The topological polar surface area (TPSA) is 99.1 Å². The van der Waals surface area contributed by atoms with Crippen LogP contribution < -0.4 is 0 Å². The predicted octanol–water partition coefficient (Wildman–Crippen LogP) is 6.84. The van der Waals surface area contributed by atoms with Crippen molar-refractivity contribution in [2.24, 2.45) is 5.92 Å². The molecule has 226 valence electrons. The van der Waals surface area contributed by atoms with Gasteiger partial charge in [0.25, 0.3) is 0 Å². The second-order valence-corrected chi connectivity index (χ2v) is 14.6. The van der Waals surface area contributed by atoms with E-state index in [4.69, 9.17) is 13.1 Å². The second kappa shape index (κ2) is 11.3. The maximum atomic E-state index is 15.8. The Labute approximate surface area is 242 Å². The van der Waals surface area contributed by atoms with Crippen molar-refractivity contribution in [1.82, 2.24) is 0 Å². The molecule has 2 aliphatic rings. The van der Waals surface area contributed by atoms with E-state index in [1.54, 1.807) is 54.6 Å². The van der Waals surface area contributed by atoms with Crippen LogP contribution in [0.5, 0.6) is 0 Å². The van der Waals surface area contributed by atoms with Gasteiger partial charge in [0.2, 0.25) is 0 Å². The monoisotopic (exact) mass is 628 g/mol. The van der Waals surface area contributed by atoms with E-state index in [-0.39, 0.29) is 40.4 Å². The molecule has 1 N–H and O–H groups in total. The third-order valence-electron chi connectivity index (χ3n) is 7.47. The van der Waals surface area contributed by atoms with Gasteiger partial charge in [0, 0.05) is 27.5 Å². The molecular weight excluding hydrogens is 600 g/mol. The molecular formula is C29H28F4O7S2. The van der Waals surface area contributed by atoms with Crippen LogP contribution >= 0.6 is 10.3 Å².